The van der Waals surface area contributed by atoms with Crippen molar-refractivity contribution in [3.8, 4) is 0 Å². The average molecular weight is 169 g/mol. The summed E-state index contributed by atoms with van der Waals surface area (Å²) in [6.45, 7) is 0.341. The number of primary amides is 1. The first-order valence-electron chi connectivity index (χ1n) is 2.93. The second kappa shape index (κ2) is 3.73. The Hall–Kier alpha value is -0.350. The van der Waals surface area contributed by atoms with E-state index >= 15 is 0 Å². The molecule has 2 N–H and O–H groups in total. The summed E-state index contributed by atoms with van der Waals surface area (Å²) >= 11 is 0. The lowest BCUT2D eigenvalue weighted by Gasteiger charge is -2.08. The van der Waals surface area contributed by atoms with Crippen LogP contribution >= 0.6 is 12.4 Å². The fraction of sp³-hybridized carbons (Fsp3) is 0.800. The van der Waals surface area contributed by atoms with Gasteiger partial charge in [0.25, 0.3) is 0 Å². The maximum atomic E-state index is 12.4. The normalized spacial score (nSPS) is 25.9. The Bertz CT molecular complexity index is 133. The highest BCUT2D eigenvalue weighted by atomic mass is 35.5. The molecule has 0 saturated carbocycles. The van der Waals surface area contributed by atoms with Crippen molar-refractivity contribution in [2.75, 3.05) is 6.54 Å². The minimum Gasteiger partial charge on any atom is -0.368 e. The number of halogens is 2. The molecular formula is C5H10ClFN2O. The third kappa shape index (κ3) is 1.82. The summed E-state index contributed by atoms with van der Waals surface area (Å²) in [5.41, 5.74) is 4.87. The number of carbonyl (C=O) groups is 1. The standard InChI is InChI=1S/C5H9FN2O.ClH/c6-8-3-1-2-4(8)5(7)9;/h4H,1-3H2,(H2,7,9);1H. The van der Waals surface area contributed by atoms with Gasteiger partial charge in [0.05, 0.1) is 0 Å². The van der Waals surface area contributed by atoms with Crippen LogP contribution in [0.5, 0.6) is 0 Å². The van der Waals surface area contributed by atoms with Crippen LogP contribution in [0.3, 0.4) is 0 Å². The zero-order valence-electron chi connectivity index (χ0n) is 5.42. The van der Waals surface area contributed by atoms with E-state index < -0.39 is 11.9 Å². The highest BCUT2D eigenvalue weighted by Crippen LogP contribution is 2.15. The Balaban J connectivity index is 0.000000810. The molecule has 1 aliphatic rings. The molecule has 0 bridgehead atoms. The molecular weight excluding hydrogens is 159 g/mol. The number of rotatable bonds is 1. The van der Waals surface area contributed by atoms with Crippen LogP contribution in [-0.4, -0.2) is 23.6 Å². The Morgan fingerprint density at radius 2 is 2.30 bits per heavy atom. The summed E-state index contributed by atoms with van der Waals surface area (Å²) in [5.74, 6) is -0.560. The molecule has 0 aromatic heterocycles. The third-order valence-corrected chi connectivity index (χ3v) is 1.52. The van der Waals surface area contributed by atoms with Crippen LogP contribution in [0.15, 0.2) is 0 Å². The van der Waals surface area contributed by atoms with Gasteiger partial charge in [-0.25, -0.2) is 0 Å². The molecule has 1 saturated heterocycles. The molecule has 60 valence electrons. The minimum atomic E-state index is -0.662. The summed E-state index contributed by atoms with van der Waals surface area (Å²) in [6.07, 6.45) is 1.29. The molecule has 1 heterocycles. The van der Waals surface area contributed by atoms with E-state index in [0.29, 0.717) is 18.1 Å². The van der Waals surface area contributed by atoms with Gasteiger partial charge in [0.2, 0.25) is 5.91 Å². The lowest BCUT2D eigenvalue weighted by molar-refractivity contribution is -0.127. The van der Waals surface area contributed by atoms with Crippen molar-refractivity contribution < 1.29 is 9.28 Å². The summed E-state index contributed by atoms with van der Waals surface area (Å²) < 4.78 is 12.4. The molecule has 0 radical (unpaired) electrons. The summed E-state index contributed by atoms with van der Waals surface area (Å²) in [5, 5.41) is 0.502. The molecule has 5 heteroatoms. The largest absolute Gasteiger partial charge is 0.368 e. The number of carbonyl (C=O) groups excluding carboxylic acids is 1. The predicted octanol–water partition coefficient (Wildman–Crippen LogP) is 0.242. The van der Waals surface area contributed by atoms with E-state index in [1.807, 2.05) is 0 Å². The van der Waals surface area contributed by atoms with Crippen LogP contribution in [-0.2, 0) is 4.79 Å². The van der Waals surface area contributed by atoms with Crippen LogP contribution in [0.25, 0.3) is 0 Å². The molecule has 0 aromatic carbocycles. The molecule has 3 nitrogen and oxygen atoms in total. The van der Waals surface area contributed by atoms with Crippen molar-refractivity contribution in [1.29, 1.82) is 0 Å². The summed E-state index contributed by atoms with van der Waals surface area (Å²) in [7, 11) is 0. The SMILES string of the molecule is Cl.NC(=O)C1CCCN1F. The average Bonchev–Trinajstić information content (AvgIpc) is 2.13. The van der Waals surface area contributed by atoms with Crippen LogP contribution in [0.1, 0.15) is 12.8 Å². The first-order chi connectivity index (χ1) is 4.22. The smallest absolute Gasteiger partial charge is 0.237 e. The summed E-state index contributed by atoms with van der Waals surface area (Å²) in [4.78, 5) is 10.4. The quantitative estimate of drug-likeness (QED) is 0.571. The Kier molecular flexibility index (Phi) is 3.60. The van der Waals surface area contributed by atoms with Gasteiger partial charge in [-0.2, -0.15) is 0 Å². The first-order valence-corrected chi connectivity index (χ1v) is 2.93. The fourth-order valence-electron chi connectivity index (χ4n) is 1.01. The van der Waals surface area contributed by atoms with E-state index in [-0.39, 0.29) is 12.4 Å². The van der Waals surface area contributed by atoms with Crippen molar-refractivity contribution in [3.05, 3.63) is 0 Å². The number of nitrogens with zero attached hydrogens (tertiary/aromatic N) is 1. The van der Waals surface area contributed by atoms with Gasteiger partial charge < -0.3 is 5.73 Å². The second-order valence-corrected chi connectivity index (χ2v) is 2.18. The van der Waals surface area contributed by atoms with Gasteiger partial charge in [0.1, 0.15) is 6.04 Å². The fourth-order valence-corrected chi connectivity index (χ4v) is 1.01. The molecule has 1 aliphatic heterocycles. The van der Waals surface area contributed by atoms with E-state index in [1.165, 1.54) is 0 Å². The van der Waals surface area contributed by atoms with Crippen molar-refractivity contribution in [2.45, 2.75) is 18.9 Å². The third-order valence-electron chi connectivity index (χ3n) is 1.52. The minimum absolute atomic E-state index is 0. The monoisotopic (exact) mass is 168 g/mol. The first kappa shape index (κ1) is 9.65. The van der Waals surface area contributed by atoms with Crippen molar-refractivity contribution >= 4 is 18.3 Å². The van der Waals surface area contributed by atoms with Crippen molar-refractivity contribution in [1.82, 2.24) is 5.12 Å². The number of nitrogens with two attached hydrogens (primary N) is 1. The Morgan fingerprint density at radius 1 is 1.70 bits per heavy atom. The van der Waals surface area contributed by atoms with Crippen LogP contribution in [0.4, 0.5) is 4.48 Å². The number of hydrogen-bond donors (Lipinski definition) is 1. The molecule has 0 aliphatic carbocycles. The summed E-state index contributed by atoms with van der Waals surface area (Å²) in [6, 6.07) is -0.662. The zero-order chi connectivity index (χ0) is 6.85. The van der Waals surface area contributed by atoms with E-state index in [2.05, 4.69) is 0 Å². The van der Waals surface area contributed by atoms with Gasteiger partial charge in [-0.05, 0) is 12.8 Å². The maximum Gasteiger partial charge on any atom is 0.237 e. The van der Waals surface area contributed by atoms with Gasteiger partial charge in [-0.15, -0.1) is 22.0 Å². The number of hydrogen-bond acceptors (Lipinski definition) is 2. The molecule has 0 spiro atoms. The van der Waals surface area contributed by atoms with Crippen LogP contribution < -0.4 is 5.73 Å². The maximum absolute atomic E-state index is 12.4. The van der Waals surface area contributed by atoms with Gasteiger partial charge in [-0.1, -0.05) is 0 Å². The zero-order valence-corrected chi connectivity index (χ0v) is 6.23. The van der Waals surface area contributed by atoms with Gasteiger partial charge in [-0.3, -0.25) is 4.79 Å². The predicted molar refractivity (Wildman–Crippen MR) is 37.3 cm³/mol. The lowest BCUT2D eigenvalue weighted by atomic mass is 10.2. The van der Waals surface area contributed by atoms with Crippen molar-refractivity contribution in [2.24, 2.45) is 5.73 Å². The van der Waals surface area contributed by atoms with Gasteiger partial charge >= 0.3 is 0 Å². The highest BCUT2D eigenvalue weighted by Gasteiger charge is 2.28. The van der Waals surface area contributed by atoms with Gasteiger partial charge in [0.15, 0.2) is 0 Å². The molecule has 1 fully saturated rings. The molecule has 1 amide bonds. The molecule has 1 rings (SSSR count). The molecule has 1 unspecified atom stereocenters. The molecule has 1 atom stereocenters. The van der Waals surface area contributed by atoms with E-state index in [0.717, 1.165) is 6.42 Å². The lowest BCUT2D eigenvalue weighted by Crippen LogP contribution is -2.35. The highest BCUT2D eigenvalue weighted by molar-refractivity contribution is 5.85. The Labute approximate surface area is 64.7 Å². The molecule has 10 heavy (non-hydrogen) atoms. The van der Waals surface area contributed by atoms with Crippen LogP contribution in [0, 0.1) is 0 Å². The van der Waals surface area contributed by atoms with Crippen molar-refractivity contribution in [3.63, 3.8) is 0 Å². The van der Waals surface area contributed by atoms with E-state index in [9.17, 15) is 9.28 Å². The topological polar surface area (TPSA) is 46.3 Å². The number of amides is 1. The van der Waals surface area contributed by atoms with E-state index in [4.69, 9.17) is 5.73 Å². The van der Waals surface area contributed by atoms with Gasteiger partial charge in [0, 0.05) is 6.54 Å². The molecule has 0 aromatic rings. The second-order valence-electron chi connectivity index (χ2n) is 2.18. The Morgan fingerprint density at radius 3 is 2.50 bits per heavy atom. The van der Waals surface area contributed by atoms with Crippen LogP contribution in [0.2, 0.25) is 0 Å². The van der Waals surface area contributed by atoms with E-state index in [1.54, 1.807) is 0 Å².